The first kappa shape index (κ1) is 17.2. The van der Waals surface area contributed by atoms with Gasteiger partial charge in [-0.3, -0.25) is 0 Å². The highest BCUT2D eigenvalue weighted by Crippen LogP contribution is 2.35. The number of rotatable bonds is 3. The number of benzene rings is 2. The van der Waals surface area contributed by atoms with Crippen molar-refractivity contribution in [2.24, 2.45) is 0 Å². The molecule has 3 aromatic rings. The largest absolute Gasteiger partial charge is 0.361 e. The summed E-state index contributed by atoms with van der Waals surface area (Å²) < 4.78 is 53.4. The highest BCUT2D eigenvalue weighted by Gasteiger charge is 2.30. The van der Waals surface area contributed by atoms with Crippen molar-refractivity contribution < 1.29 is 17.2 Å². The molecule has 7 heteroatoms. The molecule has 26 heavy (non-hydrogen) atoms. The molecule has 1 aliphatic rings. The third kappa shape index (κ3) is 3.01. The molecule has 0 aliphatic carbocycles. The van der Waals surface area contributed by atoms with Gasteiger partial charge in [-0.15, -0.1) is 0 Å². The second kappa shape index (κ2) is 6.48. The fourth-order valence-electron chi connectivity index (χ4n) is 3.61. The maximum atomic E-state index is 13.6. The third-order valence-electron chi connectivity index (χ3n) is 5.02. The minimum atomic E-state index is -3.62. The smallest absolute Gasteiger partial charge is 0.243 e. The molecule has 0 atom stereocenters. The molecule has 1 aliphatic heterocycles. The summed E-state index contributed by atoms with van der Waals surface area (Å²) >= 11 is 0. The molecule has 0 unspecified atom stereocenters. The Morgan fingerprint density at radius 1 is 0.962 bits per heavy atom. The number of piperidine rings is 1. The van der Waals surface area contributed by atoms with Crippen molar-refractivity contribution in [3.05, 3.63) is 65.9 Å². The van der Waals surface area contributed by atoms with Gasteiger partial charge in [-0.1, -0.05) is 0 Å². The van der Waals surface area contributed by atoms with Crippen LogP contribution in [0.5, 0.6) is 0 Å². The van der Waals surface area contributed by atoms with Gasteiger partial charge in [-0.05, 0) is 66.8 Å². The Morgan fingerprint density at radius 2 is 1.62 bits per heavy atom. The lowest BCUT2D eigenvalue weighted by molar-refractivity contribution is 0.320. The van der Waals surface area contributed by atoms with Gasteiger partial charge in [0, 0.05) is 30.2 Å². The Morgan fingerprint density at radius 3 is 2.31 bits per heavy atom. The second-order valence-electron chi connectivity index (χ2n) is 6.57. The second-order valence-corrected chi connectivity index (χ2v) is 8.50. The van der Waals surface area contributed by atoms with Crippen LogP contribution in [-0.2, 0) is 10.0 Å². The first-order valence-corrected chi connectivity index (χ1v) is 9.91. The Kier molecular flexibility index (Phi) is 4.28. The van der Waals surface area contributed by atoms with E-state index in [1.165, 1.54) is 28.6 Å². The van der Waals surface area contributed by atoms with Crippen molar-refractivity contribution in [1.29, 1.82) is 0 Å². The molecular weight excluding hydrogens is 358 g/mol. The molecule has 0 saturated carbocycles. The topological polar surface area (TPSA) is 53.2 Å². The molecule has 136 valence electrons. The normalized spacial score (nSPS) is 17.0. The molecule has 4 nitrogen and oxygen atoms in total. The summed E-state index contributed by atoms with van der Waals surface area (Å²) in [6.07, 6.45) is 3.20. The molecular formula is C19H18F2N2O2S. The lowest BCUT2D eigenvalue weighted by Gasteiger charge is -2.31. The average Bonchev–Trinajstić information content (AvgIpc) is 3.05. The number of halogens is 2. The summed E-state index contributed by atoms with van der Waals surface area (Å²) in [4.78, 5) is 3.25. The molecule has 0 radical (unpaired) electrons. The van der Waals surface area contributed by atoms with E-state index in [4.69, 9.17) is 0 Å². The summed E-state index contributed by atoms with van der Waals surface area (Å²) in [5.41, 5.74) is 1.90. The van der Waals surface area contributed by atoms with Crippen LogP contribution in [0.1, 0.15) is 24.3 Å². The number of aromatic nitrogens is 1. The van der Waals surface area contributed by atoms with Crippen molar-refractivity contribution in [2.45, 2.75) is 23.7 Å². The first-order chi connectivity index (χ1) is 12.4. The zero-order valence-electron chi connectivity index (χ0n) is 14.0. The maximum absolute atomic E-state index is 13.6. The van der Waals surface area contributed by atoms with E-state index in [1.54, 1.807) is 6.07 Å². The number of nitrogens with zero attached hydrogens (tertiary/aromatic N) is 1. The van der Waals surface area contributed by atoms with E-state index in [0.717, 1.165) is 28.6 Å². The van der Waals surface area contributed by atoms with Crippen LogP contribution in [0, 0.1) is 11.6 Å². The van der Waals surface area contributed by atoms with Gasteiger partial charge in [0.2, 0.25) is 10.0 Å². The fourth-order valence-corrected chi connectivity index (χ4v) is 5.08. The molecule has 1 fully saturated rings. The predicted octanol–water partition coefficient (Wildman–Crippen LogP) is 4.01. The Balaban J connectivity index is 1.53. The van der Waals surface area contributed by atoms with E-state index in [2.05, 4.69) is 4.98 Å². The van der Waals surface area contributed by atoms with Gasteiger partial charge < -0.3 is 4.98 Å². The van der Waals surface area contributed by atoms with E-state index in [9.17, 15) is 17.2 Å². The van der Waals surface area contributed by atoms with Crippen LogP contribution in [0.3, 0.4) is 0 Å². The molecule has 4 rings (SSSR count). The molecule has 2 heterocycles. The SMILES string of the molecule is O=S(=O)(c1ccc(F)cc1)N1CCC(c2c[nH]c3ccc(F)cc23)CC1. The standard InChI is InChI=1S/C19H18F2N2O2S/c20-14-1-4-16(5-2-14)26(24,25)23-9-7-13(8-10-23)18-12-22-19-6-3-15(21)11-17(18)19/h1-6,11-13,22H,7-10H2. The summed E-state index contributed by atoms with van der Waals surface area (Å²) in [5.74, 6) is -0.575. The number of fused-ring (bicyclic) bond motifs is 1. The van der Waals surface area contributed by atoms with E-state index >= 15 is 0 Å². The van der Waals surface area contributed by atoms with Crippen LogP contribution >= 0.6 is 0 Å². The van der Waals surface area contributed by atoms with Gasteiger partial charge in [-0.25, -0.2) is 17.2 Å². The van der Waals surface area contributed by atoms with Crippen molar-refractivity contribution in [3.63, 3.8) is 0 Å². The number of sulfonamides is 1. The molecule has 0 spiro atoms. The molecule has 1 aromatic heterocycles. The van der Waals surface area contributed by atoms with E-state index in [0.29, 0.717) is 25.9 Å². The number of hydrogen-bond donors (Lipinski definition) is 1. The summed E-state index contributed by atoms with van der Waals surface area (Å²) in [6, 6.07) is 9.53. The number of H-pyrrole nitrogens is 1. The van der Waals surface area contributed by atoms with Gasteiger partial charge in [0.1, 0.15) is 11.6 Å². The van der Waals surface area contributed by atoms with Crippen molar-refractivity contribution >= 4 is 20.9 Å². The highest BCUT2D eigenvalue weighted by atomic mass is 32.2. The molecule has 1 saturated heterocycles. The van der Waals surface area contributed by atoms with Gasteiger partial charge in [0.15, 0.2) is 0 Å². The third-order valence-corrected chi connectivity index (χ3v) is 6.93. The summed E-state index contributed by atoms with van der Waals surface area (Å²) in [7, 11) is -3.62. The Hall–Kier alpha value is -2.25. The Bertz CT molecular complexity index is 1040. The number of hydrogen-bond acceptors (Lipinski definition) is 2. The van der Waals surface area contributed by atoms with Crippen LogP contribution in [0.25, 0.3) is 10.9 Å². The van der Waals surface area contributed by atoms with Crippen LogP contribution in [0.15, 0.2) is 53.6 Å². The average molecular weight is 376 g/mol. The lowest BCUT2D eigenvalue weighted by Crippen LogP contribution is -2.37. The van der Waals surface area contributed by atoms with Crippen molar-refractivity contribution in [2.75, 3.05) is 13.1 Å². The first-order valence-electron chi connectivity index (χ1n) is 8.47. The minimum Gasteiger partial charge on any atom is -0.361 e. The minimum absolute atomic E-state index is 0.103. The van der Waals surface area contributed by atoms with Crippen molar-refractivity contribution in [3.8, 4) is 0 Å². The Labute approximate surface area is 150 Å². The zero-order valence-corrected chi connectivity index (χ0v) is 14.8. The van der Waals surface area contributed by atoms with Crippen molar-refractivity contribution in [1.82, 2.24) is 9.29 Å². The predicted molar refractivity (Wildman–Crippen MR) is 95.4 cm³/mol. The number of aromatic amines is 1. The quantitative estimate of drug-likeness (QED) is 0.751. The van der Waals surface area contributed by atoms with Crippen LogP contribution < -0.4 is 0 Å². The van der Waals surface area contributed by atoms with E-state index in [1.807, 2.05) is 6.20 Å². The molecule has 1 N–H and O–H groups in total. The molecule has 0 amide bonds. The van der Waals surface area contributed by atoms with Gasteiger partial charge in [0.25, 0.3) is 0 Å². The monoisotopic (exact) mass is 376 g/mol. The molecule has 2 aromatic carbocycles. The van der Waals surface area contributed by atoms with Crippen LogP contribution in [-0.4, -0.2) is 30.8 Å². The lowest BCUT2D eigenvalue weighted by atomic mass is 9.90. The maximum Gasteiger partial charge on any atom is 0.243 e. The number of nitrogens with one attached hydrogen (secondary N) is 1. The zero-order chi connectivity index (χ0) is 18.3. The van der Waals surface area contributed by atoms with Crippen LogP contribution in [0.2, 0.25) is 0 Å². The van der Waals surface area contributed by atoms with Gasteiger partial charge in [0.05, 0.1) is 4.90 Å². The summed E-state index contributed by atoms with van der Waals surface area (Å²) in [6.45, 7) is 0.763. The van der Waals surface area contributed by atoms with E-state index < -0.39 is 15.8 Å². The fraction of sp³-hybridized carbons (Fsp3) is 0.263. The van der Waals surface area contributed by atoms with Crippen LogP contribution in [0.4, 0.5) is 8.78 Å². The van der Waals surface area contributed by atoms with E-state index in [-0.39, 0.29) is 16.6 Å². The summed E-state index contributed by atoms with van der Waals surface area (Å²) in [5, 5.41) is 0.852. The highest BCUT2D eigenvalue weighted by molar-refractivity contribution is 7.89. The molecule has 0 bridgehead atoms. The van der Waals surface area contributed by atoms with Gasteiger partial charge >= 0.3 is 0 Å². The van der Waals surface area contributed by atoms with Gasteiger partial charge in [-0.2, -0.15) is 4.31 Å².